The van der Waals surface area contributed by atoms with Crippen molar-refractivity contribution in [2.24, 2.45) is 0 Å². The van der Waals surface area contributed by atoms with Gasteiger partial charge in [-0.1, -0.05) is 12.8 Å². The highest BCUT2D eigenvalue weighted by molar-refractivity contribution is 5.88. The van der Waals surface area contributed by atoms with Gasteiger partial charge < -0.3 is 20.6 Å². The fraction of sp³-hybridized carbons (Fsp3) is 0.786. The van der Waals surface area contributed by atoms with Gasteiger partial charge in [0.1, 0.15) is 6.04 Å². The number of hydrogen-bond acceptors (Lipinski definition) is 3. The summed E-state index contributed by atoms with van der Waals surface area (Å²) in [6.07, 6.45) is 4.60. The Labute approximate surface area is 124 Å². The van der Waals surface area contributed by atoms with Crippen LogP contribution in [0.25, 0.3) is 0 Å². The van der Waals surface area contributed by atoms with Gasteiger partial charge in [0.2, 0.25) is 5.91 Å². The van der Waals surface area contributed by atoms with Crippen molar-refractivity contribution in [3.05, 3.63) is 0 Å². The Kier molecular flexibility index (Phi) is 4.69. The van der Waals surface area contributed by atoms with Crippen molar-refractivity contribution >= 4 is 17.9 Å². The van der Waals surface area contributed by atoms with E-state index in [0.717, 1.165) is 19.3 Å². The Morgan fingerprint density at radius 1 is 1.24 bits per heavy atom. The van der Waals surface area contributed by atoms with Crippen molar-refractivity contribution in [3.8, 4) is 0 Å². The average molecular weight is 297 g/mol. The molecule has 1 aliphatic heterocycles. The Morgan fingerprint density at radius 2 is 1.90 bits per heavy atom. The smallest absolute Gasteiger partial charge is 0.318 e. The van der Waals surface area contributed by atoms with E-state index in [9.17, 15) is 14.4 Å². The first-order valence-electron chi connectivity index (χ1n) is 7.50. The molecule has 1 saturated carbocycles. The second kappa shape index (κ2) is 6.32. The third-order valence-electron chi connectivity index (χ3n) is 4.49. The van der Waals surface area contributed by atoms with Gasteiger partial charge in [-0.25, -0.2) is 4.79 Å². The third-order valence-corrected chi connectivity index (χ3v) is 4.49. The van der Waals surface area contributed by atoms with Crippen LogP contribution in [0.4, 0.5) is 4.79 Å². The van der Waals surface area contributed by atoms with E-state index < -0.39 is 17.6 Å². The summed E-state index contributed by atoms with van der Waals surface area (Å²) in [6, 6.07) is -0.762. The first-order valence-corrected chi connectivity index (χ1v) is 7.50. The van der Waals surface area contributed by atoms with E-state index in [1.165, 1.54) is 4.90 Å². The third kappa shape index (κ3) is 3.46. The second-order valence-electron chi connectivity index (χ2n) is 5.95. The molecule has 2 aliphatic rings. The van der Waals surface area contributed by atoms with E-state index in [1.54, 1.807) is 7.05 Å². The fourth-order valence-electron chi connectivity index (χ4n) is 3.43. The lowest BCUT2D eigenvalue weighted by molar-refractivity contribution is -0.138. The van der Waals surface area contributed by atoms with Crippen molar-refractivity contribution in [2.45, 2.75) is 56.5 Å². The number of urea groups is 1. The lowest BCUT2D eigenvalue weighted by atomic mass is 9.93. The van der Waals surface area contributed by atoms with Crippen LogP contribution in [-0.4, -0.2) is 53.1 Å². The lowest BCUT2D eigenvalue weighted by Gasteiger charge is -2.33. The van der Waals surface area contributed by atoms with Gasteiger partial charge in [0.15, 0.2) is 0 Å². The Morgan fingerprint density at radius 3 is 2.48 bits per heavy atom. The number of likely N-dealkylation sites (N-methyl/N-ethyl adjacent to an activating group) is 1. The largest absolute Gasteiger partial charge is 0.481 e. The van der Waals surface area contributed by atoms with E-state index in [2.05, 4.69) is 10.6 Å². The maximum atomic E-state index is 12.5. The fourth-order valence-corrected chi connectivity index (χ4v) is 3.43. The molecular weight excluding hydrogens is 274 g/mol. The minimum Gasteiger partial charge on any atom is -0.481 e. The zero-order chi connectivity index (χ0) is 15.5. The number of carboxylic acids is 1. The van der Waals surface area contributed by atoms with Crippen LogP contribution in [-0.2, 0) is 9.59 Å². The highest BCUT2D eigenvalue weighted by atomic mass is 16.4. The zero-order valence-corrected chi connectivity index (χ0v) is 12.4. The van der Waals surface area contributed by atoms with Crippen LogP contribution in [0.5, 0.6) is 0 Å². The van der Waals surface area contributed by atoms with Crippen LogP contribution in [0.3, 0.4) is 0 Å². The summed E-state index contributed by atoms with van der Waals surface area (Å²) >= 11 is 0. The molecule has 7 nitrogen and oxygen atoms in total. The number of nitrogens with zero attached hydrogens (tertiary/aromatic N) is 1. The predicted molar refractivity (Wildman–Crippen MR) is 75.8 cm³/mol. The number of rotatable bonds is 4. The summed E-state index contributed by atoms with van der Waals surface area (Å²) in [6.45, 7) is 0.535. The van der Waals surface area contributed by atoms with Gasteiger partial charge >= 0.3 is 12.0 Å². The molecule has 1 saturated heterocycles. The van der Waals surface area contributed by atoms with Gasteiger partial charge in [-0.15, -0.1) is 0 Å². The summed E-state index contributed by atoms with van der Waals surface area (Å²) in [7, 11) is 1.56. The summed E-state index contributed by atoms with van der Waals surface area (Å²) in [5.74, 6) is -1.07. The van der Waals surface area contributed by atoms with Crippen LogP contribution >= 0.6 is 0 Å². The first-order chi connectivity index (χ1) is 9.97. The van der Waals surface area contributed by atoms with Gasteiger partial charge in [0.25, 0.3) is 0 Å². The monoisotopic (exact) mass is 297 g/mol. The molecule has 0 spiro atoms. The molecule has 3 N–H and O–H groups in total. The van der Waals surface area contributed by atoms with Crippen molar-refractivity contribution in [3.63, 3.8) is 0 Å². The minimum atomic E-state index is -0.901. The number of amides is 3. The molecule has 0 aromatic heterocycles. The Balaban J connectivity index is 2.05. The summed E-state index contributed by atoms with van der Waals surface area (Å²) < 4.78 is 0. The molecule has 21 heavy (non-hydrogen) atoms. The van der Waals surface area contributed by atoms with Crippen LogP contribution in [0, 0.1) is 0 Å². The highest BCUT2D eigenvalue weighted by Crippen LogP contribution is 2.33. The molecule has 0 bridgehead atoms. The van der Waals surface area contributed by atoms with Gasteiger partial charge in [-0.2, -0.15) is 0 Å². The van der Waals surface area contributed by atoms with Gasteiger partial charge in [0.05, 0.1) is 12.0 Å². The van der Waals surface area contributed by atoms with E-state index in [0.29, 0.717) is 25.8 Å². The summed E-state index contributed by atoms with van der Waals surface area (Å²) in [5, 5.41) is 14.5. The van der Waals surface area contributed by atoms with Crippen molar-refractivity contribution in [2.75, 3.05) is 13.6 Å². The van der Waals surface area contributed by atoms with Gasteiger partial charge in [0, 0.05) is 13.6 Å². The molecule has 3 amide bonds. The quantitative estimate of drug-likeness (QED) is 0.711. The van der Waals surface area contributed by atoms with E-state index in [1.807, 2.05) is 0 Å². The molecule has 1 unspecified atom stereocenters. The molecular formula is C14H23N3O4. The molecule has 2 fully saturated rings. The Bertz CT molecular complexity index is 432. The lowest BCUT2D eigenvalue weighted by Crippen LogP contribution is -2.56. The number of likely N-dealkylation sites (tertiary alicyclic amines) is 1. The van der Waals surface area contributed by atoms with Gasteiger partial charge in [-0.3, -0.25) is 9.59 Å². The molecule has 118 valence electrons. The number of carbonyl (C=O) groups excluding carboxylic acids is 2. The highest BCUT2D eigenvalue weighted by Gasteiger charge is 2.41. The Hall–Kier alpha value is -1.79. The number of nitrogens with one attached hydrogen (secondary N) is 2. The van der Waals surface area contributed by atoms with Crippen LogP contribution in [0.1, 0.15) is 44.9 Å². The van der Waals surface area contributed by atoms with E-state index in [-0.39, 0.29) is 18.4 Å². The van der Waals surface area contributed by atoms with Gasteiger partial charge in [-0.05, 0) is 25.7 Å². The maximum Gasteiger partial charge on any atom is 0.318 e. The molecule has 2 rings (SSSR count). The van der Waals surface area contributed by atoms with Crippen LogP contribution in [0.2, 0.25) is 0 Å². The maximum absolute atomic E-state index is 12.5. The minimum absolute atomic E-state index is 0.0583. The standard InChI is InChI=1S/C14H23N3O4/c1-15-12(20)10-5-4-8-17(10)13(21)16-14(9-11(18)19)6-2-3-7-14/h10H,2-9H2,1H3,(H,15,20)(H,16,21)(H,18,19). The number of aliphatic carboxylic acids is 1. The SMILES string of the molecule is CNC(=O)C1CCCN1C(=O)NC1(CC(=O)O)CCCC1. The topological polar surface area (TPSA) is 98.7 Å². The molecule has 1 heterocycles. The first kappa shape index (κ1) is 15.6. The van der Waals surface area contributed by atoms with Crippen molar-refractivity contribution in [1.29, 1.82) is 0 Å². The molecule has 1 atom stereocenters. The number of hydrogen-bond donors (Lipinski definition) is 3. The molecule has 0 aromatic rings. The summed E-state index contributed by atoms with van der Waals surface area (Å²) in [4.78, 5) is 36.8. The zero-order valence-electron chi connectivity index (χ0n) is 12.4. The number of carbonyl (C=O) groups is 3. The number of carboxylic acid groups (broad SMARTS) is 1. The van der Waals surface area contributed by atoms with Crippen molar-refractivity contribution in [1.82, 2.24) is 15.5 Å². The molecule has 0 radical (unpaired) electrons. The van der Waals surface area contributed by atoms with E-state index >= 15 is 0 Å². The van der Waals surface area contributed by atoms with Crippen LogP contribution < -0.4 is 10.6 Å². The van der Waals surface area contributed by atoms with Crippen molar-refractivity contribution < 1.29 is 19.5 Å². The van der Waals surface area contributed by atoms with E-state index in [4.69, 9.17) is 5.11 Å². The second-order valence-corrected chi connectivity index (χ2v) is 5.95. The molecule has 1 aliphatic carbocycles. The molecule has 7 heteroatoms. The normalized spacial score (nSPS) is 23.9. The molecule has 0 aromatic carbocycles. The average Bonchev–Trinajstić information content (AvgIpc) is 3.06. The van der Waals surface area contributed by atoms with Crippen LogP contribution in [0.15, 0.2) is 0 Å². The summed E-state index contributed by atoms with van der Waals surface area (Å²) in [5.41, 5.74) is -0.654. The predicted octanol–water partition coefficient (Wildman–Crippen LogP) is 0.694.